The van der Waals surface area contributed by atoms with Crippen LogP contribution in [0.15, 0.2) is 48.9 Å². The van der Waals surface area contributed by atoms with Crippen LogP contribution in [0.3, 0.4) is 0 Å². The van der Waals surface area contributed by atoms with Crippen molar-refractivity contribution in [3.05, 3.63) is 60.1 Å². The third kappa shape index (κ3) is 3.23. The molecule has 0 radical (unpaired) electrons. The predicted molar refractivity (Wildman–Crippen MR) is 107 cm³/mol. The molecule has 28 heavy (non-hydrogen) atoms. The Morgan fingerprint density at radius 2 is 2.04 bits per heavy atom. The maximum atomic E-state index is 11.6. The van der Waals surface area contributed by atoms with Gasteiger partial charge in [0.1, 0.15) is 23.9 Å². The second-order valence-corrected chi connectivity index (χ2v) is 6.13. The van der Waals surface area contributed by atoms with Gasteiger partial charge >= 0.3 is 0 Å². The van der Waals surface area contributed by atoms with Crippen molar-refractivity contribution in [1.82, 2.24) is 20.3 Å². The van der Waals surface area contributed by atoms with E-state index in [1.54, 1.807) is 25.7 Å². The molecule has 0 fully saturated rings. The second-order valence-electron chi connectivity index (χ2n) is 6.13. The third-order valence-corrected chi connectivity index (χ3v) is 4.40. The number of pyridine rings is 1. The highest BCUT2D eigenvalue weighted by molar-refractivity contribution is 5.80. The smallest absolute Gasteiger partial charge is 0.219 e. The average Bonchev–Trinajstić information content (AvgIpc) is 2.74. The molecule has 3 aromatic rings. The molecule has 3 heterocycles. The molecule has 0 saturated carbocycles. The molecule has 0 amide bonds. The Morgan fingerprint density at radius 3 is 2.79 bits per heavy atom. The van der Waals surface area contributed by atoms with Gasteiger partial charge in [-0.3, -0.25) is 0 Å². The summed E-state index contributed by atoms with van der Waals surface area (Å²) in [5.74, 6) is 1.41. The van der Waals surface area contributed by atoms with Crippen LogP contribution in [-0.4, -0.2) is 28.3 Å². The first-order valence-electron chi connectivity index (χ1n) is 8.60. The second kappa shape index (κ2) is 7.36. The van der Waals surface area contributed by atoms with Gasteiger partial charge in [-0.05, 0) is 36.0 Å². The molecule has 0 aliphatic carbocycles. The average molecular weight is 374 g/mol. The number of benzene rings is 1. The van der Waals surface area contributed by atoms with E-state index in [1.807, 2.05) is 36.4 Å². The largest absolute Gasteiger partial charge is 0.495 e. The monoisotopic (exact) mass is 374 g/mol. The Bertz CT molecular complexity index is 1050. The predicted octanol–water partition coefficient (Wildman–Crippen LogP) is 2.69. The van der Waals surface area contributed by atoms with E-state index < -0.39 is 6.04 Å². The van der Waals surface area contributed by atoms with E-state index in [4.69, 9.17) is 15.5 Å². The quantitative estimate of drug-likeness (QED) is 0.584. The van der Waals surface area contributed by atoms with Gasteiger partial charge in [0.05, 0.1) is 18.5 Å². The van der Waals surface area contributed by atoms with Crippen LogP contribution in [0.5, 0.6) is 5.75 Å². The Balaban J connectivity index is 1.87. The first-order valence-corrected chi connectivity index (χ1v) is 8.60. The van der Waals surface area contributed by atoms with E-state index >= 15 is 0 Å². The van der Waals surface area contributed by atoms with Gasteiger partial charge in [-0.25, -0.2) is 15.0 Å². The molecular formula is C20H18N6O2. The summed E-state index contributed by atoms with van der Waals surface area (Å²) in [5, 5.41) is 6.35. The highest BCUT2D eigenvalue weighted by atomic mass is 16.5. The molecule has 1 aliphatic heterocycles. The number of nitrogens with one attached hydrogen (secondary N) is 2. The van der Waals surface area contributed by atoms with Crippen LogP contribution in [0, 0.1) is 0 Å². The van der Waals surface area contributed by atoms with Crippen LogP contribution in [0.4, 0.5) is 17.5 Å². The molecule has 8 nitrogen and oxygen atoms in total. The van der Waals surface area contributed by atoms with E-state index in [9.17, 15) is 4.79 Å². The van der Waals surface area contributed by atoms with Crippen molar-refractivity contribution in [2.75, 3.05) is 18.2 Å². The maximum absolute atomic E-state index is 11.6. The van der Waals surface area contributed by atoms with Crippen LogP contribution < -0.4 is 21.1 Å². The van der Waals surface area contributed by atoms with Crippen LogP contribution >= 0.6 is 0 Å². The SMILES string of the molecule is COc1ccccc1Nc1nc(-c2cnc(N)nc2)cc2c1C(C=O)NC=C2. The lowest BCUT2D eigenvalue weighted by atomic mass is 9.97. The Kier molecular flexibility index (Phi) is 4.59. The van der Waals surface area contributed by atoms with E-state index in [0.717, 1.165) is 28.7 Å². The fourth-order valence-electron chi connectivity index (χ4n) is 3.06. The number of para-hydroxylation sites is 2. The van der Waals surface area contributed by atoms with Gasteiger partial charge in [-0.1, -0.05) is 12.1 Å². The molecule has 4 N–H and O–H groups in total. The number of nitrogens with zero attached hydrogens (tertiary/aromatic N) is 3. The molecule has 1 aliphatic rings. The number of carbonyl (C=O) groups excluding carboxylic acids is 1. The van der Waals surface area contributed by atoms with Crippen LogP contribution in [0.2, 0.25) is 0 Å². The number of rotatable bonds is 5. The van der Waals surface area contributed by atoms with Crippen molar-refractivity contribution in [2.24, 2.45) is 0 Å². The number of nitrogen functional groups attached to an aromatic ring is 1. The summed E-state index contributed by atoms with van der Waals surface area (Å²) in [6.07, 6.45) is 7.73. The van der Waals surface area contributed by atoms with Gasteiger partial charge < -0.3 is 25.9 Å². The molecule has 0 bridgehead atoms. The van der Waals surface area contributed by atoms with E-state index in [1.165, 1.54) is 0 Å². The summed E-state index contributed by atoms with van der Waals surface area (Å²) in [5.41, 5.74) is 9.33. The van der Waals surface area contributed by atoms with E-state index in [-0.39, 0.29) is 5.95 Å². The summed E-state index contributed by atoms with van der Waals surface area (Å²) in [6, 6.07) is 8.89. The maximum Gasteiger partial charge on any atom is 0.219 e. The molecule has 1 aromatic carbocycles. The van der Waals surface area contributed by atoms with Crippen molar-refractivity contribution in [2.45, 2.75) is 6.04 Å². The molecule has 1 atom stereocenters. The molecular weight excluding hydrogens is 356 g/mol. The van der Waals surface area contributed by atoms with E-state index in [2.05, 4.69) is 20.6 Å². The van der Waals surface area contributed by atoms with Crippen molar-refractivity contribution < 1.29 is 9.53 Å². The standard InChI is InChI=1S/C20H18N6O2/c1-28-17-5-3-2-4-14(17)25-19-18-12(6-7-22-16(18)11-27)8-15(26-19)13-9-23-20(21)24-10-13/h2-11,16,22H,1H3,(H,25,26)(H2,21,23,24). The molecule has 0 spiro atoms. The molecule has 0 saturated heterocycles. The Hall–Kier alpha value is -3.94. The molecule has 140 valence electrons. The Labute approximate surface area is 161 Å². The fourth-order valence-corrected chi connectivity index (χ4v) is 3.06. The highest BCUT2D eigenvalue weighted by Crippen LogP contribution is 2.35. The van der Waals surface area contributed by atoms with Crippen molar-refractivity contribution in [3.8, 4) is 17.0 Å². The first-order chi connectivity index (χ1) is 13.7. The van der Waals surface area contributed by atoms with Gasteiger partial charge in [0.15, 0.2) is 0 Å². The Morgan fingerprint density at radius 1 is 1.25 bits per heavy atom. The minimum Gasteiger partial charge on any atom is -0.495 e. The molecule has 2 aromatic heterocycles. The van der Waals surface area contributed by atoms with Gasteiger partial charge in [-0.2, -0.15) is 0 Å². The number of aromatic nitrogens is 3. The van der Waals surface area contributed by atoms with Crippen molar-refractivity contribution in [1.29, 1.82) is 0 Å². The summed E-state index contributed by atoms with van der Waals surface area (Å²) in [4.78, 5) is 24.4. The minimum absolute atomic E-state index is 0.194. The topological polar surface area (TPSA) is 115 Å². The fraction of sp³-hybridized carbons (Fsp3) is 0.100. The number of hydrogen-bond donors (Lipinski definition) is 3. The number of ether oxygens (including phenoxy) is 1. The normalized spacial score (nSPS) is 14.7. The summed E-state index contributed by atoms with van der Waals surface area (Å²) in [6.45, 7) is 0. The van der Waals surface area contributed by atoms with Gasteiger partial charge in [0.2, 0.25) is 5.95 Å². The van der Waals surface area contributed by atoms with Crippen molar-refractivity contribution in [3.63, 3.8) is 0 Å². The zero-order valence-electron chi connectivity index (χ0n) is 15.1. The highest BCUT2D eigenvalue weighted by Gasteiger charge is 2.23. The lowest BCUT2D eigenvalue weighted by molar-refractivity contribution is -0.109. The summed E-state index contributed by atoms with van der Waals surface area (Å²) < 4.78 is 5.42. The number of methoxy groups -OCH3 is 1. The zero-order valence-corrected chi connectivity index (χ0v) is 15.1. The summed E-state index contributed by atoms with van der Waals surface area (Å²) >= 11 is 0. The first kappa shape index (κ1) is 17.5. The van der Waals surface area contributed by atoms with E-state index in [0.29, 0.717) is 17.3 Å². The lowest BCUT2D eigenvalue weighted by Gasteiger charge is -2.23. The summed E-state index contributed by atoms with van der Waals surface area (Å²) in [7, 11) is 1.60. The number of anilines is 3. The van der Waals surface area contributed by atoms with Crippen LogP contribution in [0.1, 0.15) is 17.2 Å². The molecule has 1 unspecified atom stereocenters. The number of nitrogens with two attached hydrogens (primary N) is 1. The van der Waals surface area contributed by atoms with Gasteiger partial charge in [0.25, 0.3) is 0 Å². The third-order valence-electron chi connectivity index (χ3n) is 4.40. The zero-order chi connectivity index (χ0) is 19.5. The molecule has 4 rings (SSSR count). The number of hydrogen-bond acceptors (Lipinski definition) is 8. The van der Waals surface area contributed by atoms with Crippen LogP contribution in [0.25, 0.3) is 17.3 Å². The number of fused-ring (bicyclic) bond motifs is 1. The molecule has 8 heteroatoms. The number of carbonyl (C=O) groups is 1. The minimum atomic E-state index is -0.513. The van der Waals surface area contributed by atoms with Gasteiger partial charge in [-0.15, -0.1) is 0 Å². The van der Waals surface area contributed by atoms with Crippen LogP contribution in [-0.2, 0) is 4.79 Å². The van der Waals surface area contributed by atoms with Crippen molar-refractivity contribution >= 4 is 29.8 Å². The lowest BCUT2D eigenvalue weighted by Crippen LogP contribution is -2.23. The van der Waals surface area contributed by atoms with Gasteiger partial charge in [0, 0.05) is 23.5 Å². The number of aldehydes is 1.